The van der Waals surface area contributed by atoms with E-state index in [2.05, 4.69) is 20.8 Å². The molecule has 2 atom stereocenters. The average Bonchev–Trinajstić information content (AvgIpc) is 3.56. The number of nitrogen functional groups attached to an aromatic ring is 1. The Morgan fingerprint density at radius 3 is 2.41 bits per heavy atom. The van der Waals surface area contributed by atoms with Gasteiger partial charge in [0.25, 0.3) is 11.8 Å². The maximum absolute atomic E-state index is 13.1. The fourth-order valence-corrected chi connectivity index (χ4v) is 6.87. The summed E-state index contributed by atoms with van der Waals surface area (Å²) in [6, 6.07) is -0.843. The van der Waals surface area contributed by atoms with E-state index < -0.39 is 47.1 Å². The number of carbonyl (C=O) groups is 5. The van der Waals surface area contributed by atoms with Crippen LogP contribution in [0.2, 0.25) is 0 Å². The highest BCUT2D eigenvalue weighted by atomic mass is 32.2. The predicted octanol–water partition coefficient (Wildman–Crippen LogP) is 0.186. The minimum absolute atomic E-state index is 0.0576. The van der Waals surface area contributed by atoms with Gasteiger partial charge < -0.3 is 36.7 Å². The second-order valence-electron chi connectivity index (χ2n) is 9.76. The summed E-state index contributed by atoms with van der Waals surface area (Å²) in [6.45, 7) is 2.31. The van der Waals surface area contributed by atoms with Crippen LogP contribution in [0.5, 0.6) is 0 Å². The van der Waals surface area contributed by atoms with Gasteiger partial charge in [-0.1, -0.05) is 5.16 Å². The van der Waals surface area contributed by atoms with Gasteiger partial charge in [0.05, 0.1) is 0 Å². The number of nitrogens with two attached hydrogens (primary N) is 1. The Bertz CT molecular complexity index is 1450. The Hall–Kier alpha value is -4.17. The van der Waals surface area contributed by atoms with Crippen molar-refractivity contribution in [2.75, 3.05) is 31.1 Å². The number of thiazole rings is 1. The normalized spacial score (nSPS) is 23.6. The quantitative estimate of drug-likeness (QED) is 0.0789. The number of likely N-dealkylation sites (tertiary alicyclic amines) is 1. The SMILES string of the molecule is Nc1nc(C(=NO)C(=O)N[C@@H]2C(=O)N3C(C(=O)O)=C(C=C4CCN(C5CCNCC5)C4=O)CS[C@H]23)cs1.O=C(O)C(F)(F)F. The lowest BCUT2D eigenvalue weighted by Gasteiger charge is -2.49. The number of hydrogen-bond donors (Lipinski definition) is 6. The van der Waals surface area contributed by atoms with Gasteiger partial charge in [-0.3, -0.25) is 19.3 Å². The van der Waals surface area contributed by atoms with E-state index in [4.69, 9.17) is 15.6 Å². The van der Waals surface area contributed by atoms with Crippen LogP contribution < -0.4 is 16.4 Å². The van der Waals surface area contributed by atoms with Crippen LogP contribution in [0.1, 0.15) is 25.0 Å². The van der Waals surface area contributed by atoms with Gasteiger partial charge in [-0.2, -0.15) is 13.2 Å². The number of piperidine rings is 1. The molecular weight excluding hydrogens is 635 g/mol. The van der Waals surface area contributed by atoms with Crippen molar-refractivity contribution in [2.24, 2.45) is 5.16 Å². The molecule has 20 heteroatoms. The van der Waals surface area contributed by atoms with Gasteiger partial charge in [-0.25, -0.2) is 14.6 Å². The van der Waals surface area contributed by atoms with Gasteiger partial charge in [0, 0.05) is 29.3 Å². The third kappa shape index (κ3) is 6.81. The van der Waals surface area contributed by atoms with E-state index in [1.54, 1.807) is 6.08 Å². The maximum atomic E-state index is 13.1. The number of thioether (sulfide) groups is 1. The van der Waals surface area contributed by atoms with E-state index >= 15 is 0 Å². The number of alkyl halides is 3. The number of nitrogens with one attached hydrogen (secondary N) is 2. The predicted molar refractivity (Wildman–Crippen MR) is 149 cm³/mol. The van der Waals surface area contributed by atoms with Crippen LogP contribution in [0, 0.1) is 0 Å². The molecule has 0 saturated carbocycles. The molecule has 0 radical (unpaired) electrons. The second-order valence-corrected chi connectivity index (χ2v) is 11.8. The Balaban J connectivity index is 0.000000566. The Morgan fingerprint density at radius 2 is 1.86 bits per heavy atom. The zero-order valence-electron chi connectivity index (χ0n) is 22.5. The number of hydrogen-bond acceptors (Lipinski definition) is 12. The van der Waals surface area contributed by atoms with E-state index in [0.29, 0.717) is 24.1 Å². The van der Waals surface area contributed by atoms with Crippen LogP contribution in [0.4, 0.5) is 18.3 Å². The lowest BCUT2D eigenvalue weighted by Crippen LogP contribution is -2.71. The molecule has 3 amide bonds. The number of carboxylic acids is 2. The van der Waals surface area contributed by atoms with Crippen LogP contribution in [0.15, 0.2) is 33.5 Å². The number of carboxylic acid groups (broad SMARTS) is 2. The number of rotatable bonds is 6. The van der Waals surface area contributed by atoms with Gasteiger partial charge >= 0.3 is 18.1 Å². The smallest absolute Gasteiger partial charge is 0.477 e. The highest BCUT2D eigenvalue weighted by Gasteiger charge is 2.54. The Kier molecular flexibility index (Phi) is 9.84. The molecule has 44 heavy (non-hydrogen) atoms. The lowest BCUT2D eigenvalue weighted by atomic mass is 10.0. The number of fused-ring (bicyclic) bond motifs is 1. The summed E-state index contributed by atoms with van der Waals surface area (Å²) in [7, 11) is 0. The van der Waals surface area contributed by atoms with Crippen LogP contribution >= 0.6 is 23.1 Å². The van der Waals surface area contributed by atoms with E-state index in [-0.39, 0.29) is 34.2 Å². The molecule has 7 N–H and O–H groups in total. The number of halogens is 3. The van der Waals surface area contributed by atoms with Crippen molar-refractivity contribution in [3.8, 4) is 0 Å². The molecule has 0 aliphatic carbocycles. The maximum Gasteiger partial charge on any atom is 0.490 e. The molecule has 238 valence electrons. The number of aliphatic carboxylic acids is 2. The molecule has 1 aromatic rings. The first kappa shape index (κ1) is 32.7. The molecule has 0 bridgehead atoms. The van der Waals surface area contributed by atoms with E-state index in [0.717, 1.165) is 42.2 Å². The molecule has 3 fully saturated rings. The van der Waals surface area contributed by atoms with Gasteiger partial charge in [-0.05, 0) is 44.0 Å². The van der Waals surface area contributed by atoms with Crippen molar-refractivity contribution in [3.63, 3.8) is 0 Å². The number of nitrogens with zero attached hydrogens (tertiary/aromatic N) is 4. The van der Waals surface area contributed by atoms with Crippen molar-refractivity contribution < 1.29 is 52.6 Å². The summed E-state index contributed by atoms with van der Waals surface area (Å²) in [5.41, 5.74) is 5.96. The number of allylic oxidation sites excluding steroid dienone is 1. The topological polar surface area (TPSA) is 228 Å². The minimum Gasteiger partial charge on any atom is -0.477 e. The fraction of sp³-hybridized carbons (Fsp3) is 0.458. The van der Waals surface area contributed by atoms with Gasteiger partial charge in [0.1, 0.15) is 22.8 Å². The Labute approximate surface area is 254 Å². The number of aromatic nitrogens is 1. The van der Waals surface area contributed by atoms with Crippen LogP contribution in [0.3, 0.4) is 0 Å². The number of carbonyl (C=O) groups excluding carboxylic acids is 3. The first-order valence-electron chi connectivity index (χ1n) is 12.9. The fourth-order valence-electron chi connectivity index (χ4n) is 5.02. The standard InChI is InChI=1S/C22H25N7O6S2.C2HF3O2/c23-22-25-13(9-37-22)14(27-35)17(30)26-15-19(32)29-16(21(33)34)11(8-36-20(15)29)7-10-3-6-28(18(10)31)12-1-4-24-5-2-12;3-2(4,5)1(6)7/h7,9,12,15,20,24,35H,1-6,8H2,(H2,23,25)(H,26,30)(H,33,34);(H,6,7)/t15-,20-;/m1./s1. The largest absolute Gasteiger partial charge is 0.490 e. The van der Waals surface area contributed by atoms with E-state index in [1.807, 2.05) is 4.90 Å². The summed E-state index contributed by atoms with van der Waals surface area (Å²) in [5.74, 6) is -5.33. The number of anilines is 1. The van der Waals surface area contributed by atoms with Crippen LogP contribution in [-0.4, -0.2) is 115 Å². The second kappa shape index (κ2) is 13.2. The first-order valence-corrected chi connectivity index (χ1v) is 14.8. The average molecular weight is 662 g/mol. The van der Waals surface area contributed by atoms with Gasteiger partial charge in [0.15, 0.2) is 10.8 Å². The van der Waals surface area contributed by atoms with Crippen LogP contribution in [0.25, 0.3) is 0 Å². The van der Waals surface area contributed by atoms with E-state index in [9.17, 15) is 42.7 Å². The number of amides is 3. The zero-order chi connectivity index (χ0) is 32.3. The van der Waals surface area contributed by atoms with Crippen molar-refractivity contribution >= 4 is 63.6 Å². The lowest BCUT2D eigenvalue weighted by molar-refractivity contribution is -0.192. The molecule has 0 spiro atoms. The summed E-state index contributed by atoms with van der Waals surface area (Å²) >= 11 is 2.34. The zero-order valence-corrected chi connectivity index (χ0v) is 24.2. The van der Waals surface area contributed by atoms with E-state index in [1.165, 1.54) is 17.1 Å². The van der Waals surface area contributed by atoms with Gasteiger partial charge in [-0.15, -0.1) is 23.1 Å². The molecule has 4 aliphatic rings. The monoisotopic (exact) mass is 661 g/mol. The third-order valence-corrected chi connectivity index (χ3v) is 9.04. The molecule has 5 heterocycles. The number of β-lactam (4-membered cyclic amide) rings is 1. The molecule has 1 aromatic heterocycles. The summed E-state index contributed by atoms with van der Waals surface area (Å²) in [5, 5.41) is 36.1. The highest BCUT2D eigenvalue weighted by molar-refractivity contribution is 8.00. The first-order chi connectivity index (χ1) is 20.7. The van der Waals surface area contributed by atoms with Crippen LogP contribution in [-0.2, 0) is 24.0 Å². The third-order valence-electron chi connectivity index (χ3n) is 7.06. The van der Waals surface area contributed by atoms with Gasteiger partial charge in [0.2, 0.25) is 5.91 Å². The molecule has 3 saturated heterocycles. The molecule has 5 rings (SSSR count). The van der Waals surface area contributed by atoms with Crippen molar-refractivity contribution in [1.82, 2.24) is 25.4 Å². The van der Waals surface area contributed by atoms with Crippen molar-refractivity contribution in [3.05, 3.63) is 34.0 Å². The summed E-state index contributed by atoms with van der Waals surface area (Å²) < 4.78 is 31.7. The van der Waals surface area contributed by atoms with Crippen molar-refractivity contribution in [2.45, 2.75) is 42.9 Å². The molecule has 15 nitrogen and oxygen atoms in total. The van der Waals surface area contributed by atoms with Crippen molar-refractivity contribution in [1.29, 1.82) is 0 Å². The minimum atomic E-state index is -5.08. The summed E-state index contributed by atoms with van der Waals surface area (Å²) in [4.78, 5) is 66.7. The Morgan fingerprint density at radius 1 is 1.20 bits per heavy atom. The molecule has 4 aliphatic heterocycles. The highest BCUT2D eigenvalue weighted by Crippen LogP contribution is 2.41. The number of oxime groups is 1. The summed E-state index contributed by atoms with van der Waals surface area (Å²) in [6.07, 6.45) is -1.19. The molecule has 0 aromatic carbocycles. The molecular formula is C24H26F3N7O8S2. The molecule has 0 unspecified atom stereocenters.